The van der Waals surface area contributed by atoms with Gasteiger partial charge in [0.05, 0.1) is 0 Å². The van der Waals surface area contributed by atoms with Crippen LogP contribution in [0.3, 0.4) is 0 Å². The molecule has 14 heavy (non-hydrogen) atoms. The standard InChI is InChI=1S/C10H10N2O2/c11-6-9-5-4-8(7-12-9)2-1-3-10(13)14/h4-5,7H,1-3H2,(H,13,14). The maximum atomic E-state index is 10.2. The van der Waals surface area contributed by atoms with Crippen molar-refractivity contribution < 1.29 is 9.90 Å². The third-order valence-corrected chi connectivity index (χ3v) is 1.80. The van der Waals surface area contributed by atoms with Crippen LogP contribution in [-0.2, 0) is 11.2 Å². The first-order chi connectivity index (χ1) is 6.72. The molecule has 0 aliphatic carbocycles. The van der Waals surface area contributed by atoms with Crippen LogP contribution in [0.15, 0.2) is 18.3 Å². The number of aryl methyl sites for hydroxylation is 1. The zero-order chi connectivity index (χ0) is 10.4. The van der Waals surface area contributed by atoms with Crippen LogP contribution in [0.5, 0.6) is 0 Å². The van der Waals surface area contributed by atoms with Crippen LogP contribution in [0.2, 0.25) is 0 Å². The molecule has 0 saturated carbocycles. The van der Waals surface area contributed by atoms with Crippen LogP contribution in [0, 0.1) is 11.3 Å². The van der Waals surface area contributed by atoms with Gasteiger partial charge in [0.25, 0.3) is 0 Å². The number of hydrogen-bond donors (Lipinski definition) is 1. The Morgan fingerprint density at radius 1 is 1.57 bits per heavy atom. The van der Waals surface area contributed by atoms with Crippen LogP contribution in [0.1, 0.15) is 24.1 Å². The molecule has 0 atom stereocenters. The van der Waals surface area contributed by atoms with Crippen LogP contribution in [-0.4, -0.2) is 16.1 Å². The molecule has 0 spiro atoms. The van der Waals surface area contributed by atoms with E-state index in [0.29, 0.717) is 18.5 Å². The summed E-state index contributed by atoms with van der Waals surface area (Å²) in [5.41, 5.74) is 1.34. The molecule has 0 saturated heterocycles. The third kappa shape index (κ3) is 3.23. The summed E-state index contributed by atoms with van der Waals surface area (Å²) in [6.07, 6.45) is 3.06. The number of hydrogen-bond acceptors (Lipinski definition) is 3. The highest BCUT2D eigenvalue weighted by Crippen LogP contribution is 2.04. The fourth-order valence-electron chi connectivity index (χ4n) is 1.08. The topological polar surface area (TPSA) is 74.0 Å². The molecule has 4 heteroatoms. The number of nitrogens with zero attached hydrogens (tertiary/aromatic N) is 2. The highest BCUT2D eigenvalue weighted by Gasteiger charge is 1.98. The number of aromatic nitrogens is 1. The highest BCUT2D eigenvalue weighted by molar-refractivity contribution is 5.66. The Kier molecular flexibility index (Phi) is 3.62. The summed E-state index contributed by atoms with van der Waals surface area (Å²) in [7, 11) is 0. The molecule has 1 aromatic heterocycles. The van der Waals surface area contributed by atoms with E-state index in [1.807, 2.05) is 6.07 Å². The van der Waals surface area contributed by atoms with E-state index in [0.717, 1.165) is 5.56 Å². The van der Waals surface area contributed by atoms with Crippen molar-refractivity contribution in [3.63, 3.8) is 0 Å². The average Bonchev–Trinajstić information content (AvgIpc) is 2.18. The highest BCUT2D eigenvalue weighted by atomic mass is 16.4. The smallest absolute Gasteiger partial charge is 0.303 e. The van der Waals surface area contributed by atoms with Crippen LogP contribution < -0.4 is 0 Å². The lowest BCUT2D eigenvalue weighted by Crippen LogP contribution is -1.96. The molecule has 0 bridgehead atoms. The lowest BCUT2D eigenvalue weighted by Gasteiger charge is -1.98. The number of carboxylic acid groups (broad SMARTS) is 1. The van der Waals surface area contributed by atoms with Gasteiger partial charge in [0.2, 0.25) is 0 Å². The normalized spacial score (nSPS) is 9.36. The Labute approximate surface area is 81.8 Å². The summed E-state index contributed by atoms with van der Waals surface area (Å²) >= 11 is 0. The first-order valence-electron chi connectivity index (χ1n) is 4.29. The number of carboxylic acids is 1. The van der Waals surface area contributed by atoms with Crippen molar-refractivity contribution >= 4 is 5.97 Å². The quantitative estimate of drug-likeness (QED) is 0.777. The fourth-order valence-corrected chi connectivity index (χ4v) is 1.08. The fraction of sp³-hybridized carbons (Fsp3) is 0.300. The number of rotatable bonds is 4. The van der Waals surface area contributed by atoms with Gasteiger partial charge in [0.15, 0.2) is 0 Å². The predicted octanol–water partition coefficient (Wildman–Crippen LogP) is 1.36. The van der Waals surface area contributed by atoms with E-state index in [9.17, 15) is 4.79 Å². The molecule has 1 rings (SSSR count). The largest absolute Gasteiger partial charge is 0.481 e. The van der Waals surface area contributed by atoms with Gasteiger partial charge in [-0.15, -0.1) is 0 Å². The molecular weight excluding hydrogens is 180 g/mol. The maximum absolute atomic E-state index is 10.2. The molecule has 0 unspecified atom stereocenters. The molecule has 72 valence electrons. The van der Waals surface area contributed by atoms with Crippen LogP contribution in [0.25, 0.3) is 0 Å². The molecule has 4 nitrogen and oxygen atoms in total. The van der Waals surface area contributed by atoms with E-state index in [-0.39, 0.29) is 6.42 Å². The second-order valence-electron chi connectivity index (χ2n) is 2.91. The van der Waals surface area contributed by atoms with Crippen LogP contribution in [0.4, 0.5) is 0 Å². The van der Waals surface area contributed by atoms with Crippen molar-refractivity contribution in [3.8, 4) is 6.07 Å². The van der Waals surface area contributed by atoms with Crippen molar-refractivity contribution in [1.82, 2.24) is 4.98 Å². The van der Waals surface area contributed by atoms with Gasteiger partial charge in [-0.05, 0) is 24.5 Å². The van der Waals surface area contributed by atoms with Gasteiger partial charge in [-0.25, -0.2) is 4.98 Å². The molecular formula is C10H10N2O2. The number of carbonyl (C=O) groups is 1. The predicted molar refractivity (Wildman–Crippen MR) is 49.5 cm³/mol. The van der Waals surface area contributed by atoms with Gasteiger partial charge < -0.3 is 5.11 Å². The van der Waals surface area contributed by atoms with Crippen molar-refractivity contribution in [3.05, 3.63) is 29.6 Å². The van der Waals surface area contributed by atoms with Gasteiger partial charge >= 0.3 is 5.97 Å². The van der Waals surface area contributed by atoms with Crippen molar-refractivity contribution in [2.45, 2.75) is 19.3 Å². The molecule has 0 radical (unpaired) electrons. The van der Waals surface area contributed by atoms with Crippen molar-refractivity contribution in [2.75, 3.05) is 0 Å². The second-order valence-corrected chi connectivity index (χ2v) is 2.91. The number of nitriles is 1. The summed E-state index contributed by atoms with van der Waals surface area (Å²) in [6, 6.07) is 5.36. The summed E-state index contributed by atoms with van der Waals surface area (Å²) < 4.78 is 0. The molecule has 0 aliphatic rings. The van der Waals surface area contributed by atoms with E-state index in [1.54, 1.807) is 18.3 Å². The van der Waals surface area contributed by atoms with E-state index >= 15 is 0 Å². The second kappa shape index (κ2) is 4.97. The van der Waals surface area contributed by atoms with Gasteiger partial charge in [-0.1, -0.05) is 6.07 Å². The minimum Gasteiger partial charge on any atom is -0.481 e. The summed E-state index contributed by atoms with van der Waals surface area (Å²) in [5.74, 6) is -0.786. The van der Waals surface area contributed by atoms with Gasteiger partial charge in [0.1, 0.15) is 11.8 Å². The summed E-state index contributed by atoms with van der Waals surface area (Å²) in [4.78, 5) is 14.1. The minimum absolute atomic E-state index is 0.167. The van der Waals surface area contributed by atoms with Gasteiger partial charge in [-0.2, -0.15) is 5.26 Å². The molecule has 1 heterocycles. The Bertz CT molecular complexity index is 351. The molecule has 1 N–H and O–H groups in total. The van der Waals surface area contributed by atoms with E-state index < -0.39 is 5.97 Å². The molecule has 0 fully saturated rings. The molecule has 0 aromatic carbocycles. The Morgan fingerprint density at radius 2 is 2.36 bits per heavy atom. The lowest BCUT2D eigenvalue weighted by atomic mass is 10.1. The number of aliphatic carboxylic acids is 1. The Balaban J connectivity index is 2.45. The summed E-state index contributed by atoms with van der Waals surface area (Å²) in [6.45, 7) is 0. The Morgan fingerprint density at radius 3 is 2.86 bits per heavy atom. The van der Waals surface area contributed by atoms with Crippen LogP contribution >= 0.6 is 0 Å². The van der Waals surface area contributed by atoms with Gasteiger partial charge in [-0.3, -0.25) is 4.79 Å². The molecule has 0 aliphatic heterocycles. The van der Waals surface area contributed by atoms with Gasteiger partial charge in [0, 0.05) is 12.6 Å². The van der Waals surface area contributed by atoms with E-state index in [4.69, 9.17) is 10.4 Å². The zero-order valence-corrected chi connectivity index (χ0v) is 7.60. The van der Waals surface area contributed by atoms with E-state index in [1.165, 1.54) is 0 Å². The SMILES string of the molecule is N#Cc1ccc(CCCC(=O)O)cn1. The van der Waals surface area contributed by atoms with E-state index in [2.05, 4.69) is 4.98 Å². The summed E-state index contributed by atoms with van der Waals surface area (Å²) in [5, 5.41) is 16.9. The molecule has 0 amide bonds. The monoisotopic (exact) mass is 190 g/mol. The minimum atomic E-state index is -0.786. The first-order valence-corrected chi connectivity index (χ1v) is 4.29. The number of pyridine rings is 1. The van der Waals surface area contributed by atoms with Crippen molar-refractivity contribution in [2.24, 2.45) is 0 Å². The maximum Gasteiger partial charge on any atom is 0.303 e. The average molecular weight is 190 g/mol. The third-order valence-electron chi connectivity index (χ3n) is 1.80. The zero-order valence-electron chi connectivity index (χ0n) is 7.60. The first kappa shape index (κ1) is 10.2. The lowest BCUT2D eigenvalue weighted by molar-refractivity contribution is -0.137. The van der Waals surface area contributed by atoms with Crippen molar-refractivity contribution in [1.29, 1.82) is 5.26 Å². The molecule has 1 aromatic rings. The Hall–Kier alpha value is -1.89.